The number of thiophene rings is 1. The number of piperidine rings is 1. The molecule has 1 aliphatic rings. The number of fused-ring (bicyclic) bond motifs is 1. The minimum atomic E-state index is -0.0160. The van der Waals surface area contributed by atoms with Crippen LogP contribution in [0.4, 0.5) is 11.5 Å². The molecule has 0 unspecified atom stereocenters. The quantitative estimate of drug-likeness (QED) is 0.673. The Bertz CT molecular complexity index is 976. The van der Waals surface area contributed by atoms with E-state index in [0.717, 1.165) is 42.0 Å². The van der Waals surface area contributed by atoms with Crippen molar-refractivity contribution < 1.29 is 9.90 Å². The lowest BCUT2D eigenvalue weighted by Gasteiger charge is -2.32. The third kappa shape index (κ3) is 3.47. The van der Waals surface area contributed by atoms with Crippen LogP contribution in [0.1, 0.15) is 23.3 Å². The Morgan fingerprint density at radius 3 is 2.59 bits per heavy atom. The van der Waals surface area contributed by atoms with Crippen LogP contribution in [0.5, 0.6) is 5.75 Å². The number of nitrogens with zero attached hydrogens (tertiary/aromatic N) is 3. The first kappa shape index (κ1) is 17.7. The van der Waals surface area contributed by atoms with Crippen LogP contribution in [0.2, 0.25) is 0 Å². The van der Waals surface area contributed by atoms with Crippen molar-refractivity contribution in [3.63, 3.8) is 0 Å². The van der Waals surface area contributed by atoms with Crippen LogP contribution in [-0.2, 0) is 4.79 Å². The summed E-state index contributed by atoms with van der Waals surface area (Å²) in [5.74, 6) is 1.20. The third-order valence-corrected chi connectivity index (χ3v) is 6.36. The topological polar surface area (TPSA) is 78.4 Å². The molecule has 0 atom stereocenters. The van der Waals surface area contributed by atoms with Crippen molar-refractivity contribution in [2.24, 2.45) is 5.92 Å². The van der Waals surface area contributed by atoms with Crippen molar-refractivity contribution in [1.82, 2.24) is 9.97 Å². The molecule has 2 N–H and O–H groups in total. The van der Waals surface area contributed by atoms with Crippen molar-refractivity contribution in [2.75, 3.05) is 23.3 Å². The molecule has 6 nitrogen and oxygen atoms in total. The number of phenols is 1. The van der Waals surface area contributed by atoms with Gasteiger partial charge in [0.1, 0.15) is 22.7 Å². The normalized spacial score (nSPS) is 15.3. The molecule has 0 aliphatic carbocycles. The van der Waals surface area contributed by atoms with Crippen LogP contribution in [0.3, 0.4) is 0 Å². The molecular weight excluding hydrogens is 360 g/mol. The molecule has 27 heavy (non-hydrogen) atoms. The van der Waals surface area contributed by atoms with Gasteiger partial charge in [0, 0.05) is 29.6 Å². The fourth-order valence-electron chi connectivity index (χ4n) is 3.55. The zero-order valence-electron chi connectivity index (χ0n) is 15.4. The van der Waals surface area contributed by atoms with Gasteiger partial charge in [-0.3, -0.25) is 4.79 Å². The predicted octanol–water partition coefficient (Wildman–Crippen LogP) is 3.87. The number of rotatable bonds is 3. The Labute approximate surface area is 161 Å². The van der Waals surface area contributed by atoms with Gasteiger partial charge in [-0.2, -0.15) is 0 Å². The molecule has 3 heterocycles. The Balaban J connectivity index is 1.45. The van der Waals surface area contributed by atoms with Gasteiger partial charge in [-0.15, -0.1) is 11.3 Å². The first-order valence-corrected chi connectivity index (χ1v) is 9.90. The van der Waals surface area contributed by atoms with Crippen LogP contribution >= 0.6 is 11.3 Å². The summed E-state index contributed by atoms with van der Waals surface area (Å²) in [5, 5.41) is 13.4. The minimum absolute atomic E-state index is 0.0160. The van der Waals surface area contributed by atoms with Crippen LogP contribution in [0.15, 0.2) is 30.6 Å². The maximum absolute atomic E-state index is 12.5. The van der Waals surface area contributed by atoms with E-state index in [0.29, 0.717) is 5.69 Å². The second-order valence-electron chi connectivity index (χ2n) is 6.96. The average molecular weight is 382 g/mol. The number of nitrogens with one attached hydrogen (secondary N) is 1. The van der Waals surface area contributed by atoms with Gasteiger partial charge in [0.05, 0.1) is 5.39 Å². The number of anilines is 2. The van der Waals surface area contributed by atoms with Gasteiger partial charge in [-0.05, 0) is 56.5 Å². The summed E-state index contributed by atoms with van der Waals surface area (Å²) in [4.78, 5) is 26.1. The van der Waals surface area contributed by atoms with Gasteiger partial charge in [0.2, 0.25) is 5.91 Å². The largest absolute Gasteiger partial charge is 0.508 e. The molecule has 0 radical (unpaired) electrons. The van der Waals surface area contributed by atoms with Crippen LogP contribution in [0, 0.1) is 19.8 Å². The summed E-state index contributed by atoms with van der Waals surface area (Å²) < 4.78 is 0. The Hall–Kier alpha value is -2.67. The van der Waals surface area contributed by atoms with E-state index in [2.05, 4.69) is 34.0 Å². The Morgan fingerprint density at radius 1 is 1.19 bits per heavy atom. The molecule has 1 fully saturated rings. The van der Waals surface area contributed by atoms with Gasteiger partial charge >= 0.3 is 0 Å². The lowest BCUT2D eigenvalue weighted by Crippen LogP contribution is -2.38. The van der Waals surface area contributed by atoms with Gasteiger partial charge in [0.15, 0.2) is 0 Å². The summed E-state index contributed by atoms with van der Waals surface area (Å²) in [7, 11) is 0. The summed E-state index contributed by atoms with van der Waals surface area (Å²) in [6, 6.07) is 6.57. The van der Waals surface area contributed by atoms with E-state index in [-0.39, 0.29) is 17.6 Å². The highest BCUT2D eigenvalue weighted by Gasteiger charge is 2.27. The molecule has 0 spiro atoms. The molecule has 7 heteroatoms. The van der Waals surface area contributed by atoms with E-state index >= 15 is 0 Å². The minimum Gasteiger partial charge on any atom is -0.508 e. The number of benzene rings is 1. The van der Waals surface area contributed by atoms with Gasteiger partial charge in [0.25, 0.3) is 0 Å². The molecule has 1 saturated heterocycles. The molecular formula is C20H22N4O2S. The first-order valence-electron chi connectivity index (χ1n) is 9.08. The highest BCUT2D eigenvalue weighted by atomic mass is 32.1. The van der Waals surface area contributed by atoms with Crippen LogP contribution in [0.25, 0.3) is 10.2 Å². The van der Waals surface area contributed by atoms with Crippen molar-refractivity contribution in [3.8, 4) is 5.75 Å². The van der Waals surface area contributed by atoms with Gasteiger partial charge < -0.3 is 15.3 Å². The van der Waals surface area contributed by atoms with Crippen LogP contribution < -0.4 is 10.2 Å². The maximum atomic E-state index is 12.5. The van der Waals surface area contributed by atoms with E-state index in [1.165, 1.54) is 10.4 Å². The predicted molar refractivity (Wildman–Crippen MR) is 109 cm³/mol. The fourth-order valence-corrected chi connectivity index (χ4v) is 4.54. The number of aromatic hydroxyl groups is 1. The van der Waals surface area contributed by atoms with Crippen molar-refractivity contribution in [1.29, 1.82) is 0 Å². The zero-order valence-corrected chi connectivity index (χ0v) is 16.2. The number of hydrogen-bond acceptors (Lipinski definition) is 6. The van der Waals surface area contributed by atoms with E-state index in [1.54, 1.807) is 41.9 Å². The molecule has 140 valence electrons. The molecule has 1 amide bonds. The van der Waals surface area contributed by atoms with Crippen molar-refractivity contribution in [2.45, 2.75) is 26.7 Å². The average Bonchev–Trinajstić information content (AvgIpc) is 2.98. The highest BCUT2D eigenvalue weighted by Crippen LogP contribution is 2.35. The van der Waals surface area contributed by atoms with Crippen LogP contribution in [-0.4, -0.2) is 34.1 Å². The summed E-state index contributed by atoms with van der Waals surface area (Å²) in [6.07, 6.45) is 3.21. The van der Waals surface area contributed by atoms with Gasteiger partial charge in [-0.1, -0.05) is 0 Å². The maximum Gasteiger partial charge on any atom is 0.227 e. The molecule has 4 rings (SSSR count). The second-order valence-corrected chi connectivity index (χ2v) is 8.16. The molecule has 0 bridgehead atoms. The zero-order chi connectivity index (χ0) is 19.0. The van der Waals surface area contributed by atoms with E-state index in [1.807, 2.05) is 0 Å². The monoisotopic (exact) mass is 382 g/mol. The SMILES string of the molecule is Cc1sc2ncnc(N3CCC(C(=O)Nc4ccc(O)cc4)CC3)c2c1C. The van der Waals surface area contributed by atoms with E-state index < -0.39 is 0 Å². The lowest BCUT2D eigenvalue weighted by molar-refractivity contribution is -0.120. The molecule has 3 aromatic rings. The number of phenolic OH excluding ortho intramolecular Hbond substituents is 1. The van der Waals surface area contributed by atoms with Crippen molar-refractivity contribution >= 4 is 39.0 Å². The first-order chi connectivity index (χ1) is 13.0. The lowest BCUT2D eigenvalue weighted by atomic mass is 9.95. The third-order valence-electron chi connectivity index (χ3n) is 5.25. The van der Waals surface area contributed by atoms with Crippen molar-refractivity contribution in [3.05, 3.63) is 41.0 Å². The number of carbonyl (C=O) groups is 1. The summed E-state index contributed by atoms with van der Waals surface area (Å²) >= 11 is 1.70. The summed E-state index contributed by atoms with van der Waals surface area (Å²) in [5.41, 5.74) is 1.96. The molecule has 0 saturated carbocycles. The van der Waals surface area contributed by atoms with Gasteiger partial charge in [-0.25, -0.2) is 9.97 Å². The fraction of sp³-hybridized carbons (Fsp3) is 0.350. The number of carbonyl (C=O) groups excluding carboxylic acids is 1. The smallest absolute Gasteiger partial charge is 0.227 e. The van der Waals surface area contributed by atoms with E-state index in [4.69, 9.17) is 0 Å². The molecule has 1 aromatic carbocycles. The standard InChI is InChI=1S/C20H22N4O2S/c1-12-13(2)27-20-17(12)18(21-11-22-20)24-9-7-14(8-10-24)19(26)23-15-3-5-16(25)6-4-15/h3-6,11,14,25H,7-10H2,1-2H3,(H,23,26). The number of aromatic nitrogens is 2. The van der Waals surface area contributed by atoms with E-state index in [9.17, 15) is 9.90 Å². The number of aryl methyl sites for hydroxylation is 2. The Morgan fingerprint density at radius 2 is 1.89 bits per heavy atom. The summed E-state index contributed by atoms with van der Waals surface area (Å²) in [6.45, 7) is 5.84. The second kappa shape index (κ2) is 7.15. The Kier molecular flexibility index (Phi) is 4.70. The number of amides is 1. The number of hydrogen-bond donors (Lipinski definition) is 2. The molecule has 2 aromatic heterocycles. The highest BCUT2D eigenvalue weighted by molar-refractivity contribution is 7.18. The molecule has 1 aliphatic heterocycles.